The van der Waals surface area contributed by atoms with E-state index in [2.05, 4.69) is 0 Å². The van der Waals surface area contributed by atoms with Crippen LogP contribution in [-0.4, -0.2) is 68.6 Å². The van der Waals surface area contributed by atoms with Gasteiger partial charge in [0.25, 0.3) is 0 Å². The Morgan fingerprint density at radius 3 is 2.84 bits per heavy atom. The van der Waals surface area contributed by atoms with Crippen molar-refractivity contribution in [3.05, 3.63) is 0 Å². The number of piperidine rings is 1. The third-order valence-corrected chi connectivity index (χ3v) is 3.52. The molecule has 1 aliphatic rings. The number of carbonyl (C=O) groups excluding carboxylic acids is 2. The second-order valence-corrected chi connectivity index (χ2v) is 5.05. The van der Waals surface area contributed by atoms with Crippen LogP contribution in [0.5, 0.6) is 0 Å². The van der Waals surface area contributed by atoms with E-state index in [0.717, 1.165) is 25.8 Å². The Labute approximate surface area is 114 Å². The molecule has 110 valence electrons. The Kier molecular flexibility index (Phi) is 6.80. The van der Waals surface area contributed by atoms with E-state index in [4.69, 9.17) is 10.5 Å². The highest BCUT2D eigenvalue weighted by Gasteiger charge is 2.27. The average molecular weight is 271 g/mol. The molecule has 6 nitrogen and oxygen atoms in total. The van der Waals surface area contributed by atoms with Gasteiger partial charge in [-0.1, -0.05) is 0 Å². The van der Waals surface area contributed by atoms with Crippen molar-refractivity contribution in [3.8, 4) is 0 Å². The molecule has 1 amide bonds. The SMILES string of the molecule is COC(=O)C1CCCN(CC(=O)N(C)CCCN)C1. The Bertz CT molecular complexity index is 310. The number of nitrogens with two attached hydrogens (primary N) is 1. The average Bonchev–Trinajstić information content (AvgIpc) is 2.44. The molecule has 0 aromatic carbocycles. The quantitative estimate of drug-likeness (QED) is 0.670. The lowest BCUT2D eigenvalue weighted by molar-refractivity contribution is -0.148. The summed E-state index contributed by atoms with van der Waals surface area (Å²) in [6, 6.07) is 0. The number of hydrogen-bond donors (Lipinski definition) is 1. The molecule has 1 atom stereocenters. The summed E-state index contributed by atoms with van der Waals surface area (Å²) in [6.45, 7) is 3.12. The molecule has 1 unspecified atom stereocenters. The van der Waals surface area contributed by atoms with Gasteiger partial charge in [-0.25, -0.2) is 0 Å². The van der Waals surface area contributed by atoms with E-state index >= 15 is 0 Å². The van der Waals surface area contributed by atoms with Crippen molar-refractivity contribution in [2.24, 2.45) is 11.7 Å². The predicted octanol–water partition coefficient (Wildman–Crippen LogP) is -0.321. The maximum atomic E-state index is 12.0. The Hall–Kier alpha value is -1.14. The van der Waals surface area contributed by atoms with Crippen LogP contribution in [0.25, 0.3) is 0 Å². The van der Waals surface area contributed by atoms with Crippen molar-refractivity contribution in [1.82, 2.24) is 9.80 Å². The van der Waals surface area contributed by atoms with Gasteiger partial charge in [0.1, 0.15) is 0 Å². The second-order valence-electron chi connectivity index (χ2n) is 5.05. The van der Waals surface area contributed by atoms with E-state index in [-0.39, 0.29) is 17.8 Å². The van der Waals surface area contributed by atoms with E-state index < -0.39 is 0 Å². The van der Waals surface area contributed by atoms with Gasteiger partial charge in [0.15, 0.2) is 0 Å². The number of likely N-dealkylation sites (N-methyl/N-ethyl adjacent to an activating group) is 1. The maximum absolute atomic E-state index is 12.0. The smallest absolute Gasteiger partial charge is 0.309 e. The minimum Gasteiger partial charge on any atom is -0.469 e. The van der Waals surface area contributed by atoms with Gasteiger partial charge in [0.05, 0.1) is 19.6 Å². The molecule has 1 fully saturated rings. The Balaban J connectivity index is 2.39. The standard InChI is InChI=1S/C13H25N3O3/c1-15(7-4-6-14)12(17)10-16-8-3-5-11(9-16)13(18)19-2/h11H,3-10,14H2,1-2H3. The van der Waals surface area contributed by atoms with Crippen LogP contribution >= 0.6 is 0 Å². The third kappa shape index (κ3) is 5.16. The summed E-state index contributed by atoms with van der Waals surface area (Å²) in [7, 11) is 3.20. The summed E-state index contributed by atoms with van der Waals surface area (Å²) >= 11 is 0. The molecule has 0 aliphatic carbocycles. The fourth-order valence-corrected chi connectivity index (χ4v) is 2.32. The number of carbonyl (C=O) groups is 2. The molecular weight excluding hydrogens is 246 g/mol. The first-order valence-electron chi connectivity index (χ1n) is 6.82. The third-order valence-electron chi connectivity index (χ3n) is 3.52. The largest absolute Gasteiger partial charge is 0.469 e. The lowest BCUT2D eigenvalue weighted by Gasteiger charge is -2.31. The van der Waals surface area contributed by atoms with Gasteiger partial charge in [0.2, 0.25) is 5.91 Å². The van der Waals surface area contributed by atoms with Crippen LogP contribution in [-0.2, 0) is 14.3 Å². The zero-order valence-corrected chi connectivity index (χ0v) is 11.9. The van der Waals surface area contributed by atoms with Crippen LogP contribution in [0.3, 0.4) is 0 Å². The van der Waals surface area contributed by atoms with Gasteiger partial charge < -0.3 is 15.4 Å². The van der Waals surface area contributed by atoms with E-state index in [1.807, 2.05) is 4.90 Å². The predicted molar refractivity (Wildman–Crippen MR) is 72.5 cm³/mol. The summed E-state index contributed by atoms with van der Waals surface area (Å²) in [5, 5.41) is 0. The maximum Gasteiger partial charge on any atom is 0.309 e. The fraction of sp³-hybridized carbons (Fsp3) is 0.846. The van der Waals surface area contributed by atoms with Gasteiger partial charge in [0, 0.05) is 20.1 Å². The molecule has 0 aromatic rings. The van der Waals surface area contributed by atoms with E-state index in [0.29, 0.717) is 26.2 Å². The number of methoxy groups -OCH3 is 1. The van der Waals surface area contributed by atoms with Crippen LogP contribution < -0.4 is 5.73 Å². The summed E-state index contributed by atoms with van der Waals surface area (Å²) in [5.74, 6) is -0.187. The van der Waals surface area contributed by atoms with Gasteiger partial charge in [-0.15, -0.1) is 0 Å². The highest BCUT2D eigenvalue weighted by atomic mass is 16.5. The second kappa shape index (κ2) is 8.12. The number of amides is 1. The Morgan fingerprint density at radius 2 is 2.21 bits per heavy atom. The summed E-state index contributed by atoms with van der Waals surface area (Å²) in [5.41, 5.74) is 5.43. The van der Waals surface area contributed by atoms with Crippen molar-refractivity contribution < 1.29 is 14.3 Å². The van der Waals surface area contributed by atoms with Crippen molar-refractivity contribution in [2.45, 2.75) is 19.3 Å². The molecule has 1 heterocycles. The molecule has 0 bridgehead atoms. The zero-order valence-electron chi connectivity index (χ0n) is 11.9. The van der Waals surface area contributed by atoms with Crippen molar-refractivity contribution in [1.29, 1.82) is 0 Å². The van der Waals surface area contributed by atoms with Crippen molar-refractivity contribution in [3.63, 3.8) is 0 Å². The summed E-state index contributed by atoms with van der Waals surface area (Å²) in [6.07, 6.45) is 2.59. The number of ether oxygens (including phenoxy) is 1. The molecule has 19 heavy (non-hydrogen) atoms. The number of hydrogen-bond acceptors (Lipinski definition) is 5. The fourth-order valence-electron chi connectivity index (χ4n) is 2.32. The molecule has 6 heteroatoms. The van der Waals surface area contributed by atoms with Crippen LogP contribution in [0.4, 0.5) is 0 Å². The number of rotatable bonds is 6. The zero-order chi connectivity index (χ0) is 14.3. The van der Waals surface area contributed by atoms with Crippen LogP contribution in [0.15, 0.2) is 0 Å². The summed E-state index contributed by atoms with van der Waals surface area (Å²) in [4.78, 5) is 27.2. The normalized spacial score (nSPS) is 20.1. The lowest BCUT2D eigenvalue weighted by Crippen LogP contribution is -2.45. The minimum atomic E-state index is -0.173. The Morgan fingerprint density at radius 1 is 1.47 bits per heavy atom. The molecule has 1 aliphatic heterocycles. The van der Waals surface area contributed by atoms with Gasteiger partial charge >= 0.3 is 5.97 Å². The highest BCUT2D eigenvalue weighted by Crippen LogP contribution is 2.17. The topological polar surface area (TPSA) is 75.9 Å². The van der Waals surface area contributed by atoms with E-state index in [1.54, 1.807) is 11.9 Å². The molecule has 0 radical (unpaired) electrons. The van der Waals surface area contributed by atoms with Crippen LogP contribution in [0.1, 0.15) is 19.3 Å². The monoisotopic (exact) mass is 271 g/mol. The van der Waals surface area contributed by atoms with Crippen LogP contribution in [0.2, 0.25) is 0 Å². The van der Waals surface area contributed by atoms with Gasteiger partial charge in [-0.05, 0) is 32.4 Å². The highest BCUT2D eigenvalue weighted by molar-refractivity contribution is 5.78. The molecule has 0 spiro atoms. The van der Waals surface area contributed by atoms with Gasteiger partial charge in [-0.3, -0.25) is 14.5 Å². The molecule has 0 saturated carbocycles. The van der Waals surface area contributed by atoms with E-state index in [9.17, 15) is 9.59 Å². The minimum absolute atomic E-state index is 0.0824. The first-order valence-corrected chi connectivity index (χ1v) is 6.82. The first kappa shape index (κ1) is 15.9. The van der Waals surface area contributed by atoms with Crippen molar-refractivity contribution >= 4 is 11.9 Å². The van der Waals surface area contributed by atoms with E-state index in [1.165, 1.54) is 7.11 Å². The molecule has 1 rings (SSSR count). The number of nitrogens with zero attached hydrogens (tertiary/aromatic N) is 2. The van der Waals surface area contributed by atoms with Crippen LogP contribution in [0, 0.1) is 5.92 Å². The van der Waals surface area contributed by atoms with Crippen molar-refractivity contribution in [2.75, 3.05) is 46.9 Å². The molecular formula is C13H25N3O3. The summed E-state index contributed by atoms with van der Waals surface area (Å²) < 4.78 is 4.77. The lowest BCUT2D eigenvalue weighted by atomic mass is 9.98. The molecule has 0 aromatic heterocycles. The van der Waals surface area contributed by atoms with Gasteiger partial charge in [-0.2, -0.15) is 0 Å². The number of esters is 1. The molecule has 2 N–H and O–H groups in total. The first-order chi connectivity index (χ1) is 9.08. The number of likely N-dealkylation sites (tertiary alicyclic amines) is 1. The molecule has 1 saturated heterocycles.